The Labute approximate surface area is 109 Å². The molecule has 5 nitrogen and oxygen atoms in total. The van der Waals surface area contributed by atoms with Gasteiger partial charge in [-0.1, -0.05) is 43.6 Å². The van der Waals surface area contributed by atoms with E-state index >= 15 is 0 Å². The molecular weight excluding hydrogens is 228 g/mol. The van der Waals surface area contributed by atoms with Crippen LogP contribution in [-0.2, 0) is 4.79 Å². The summed E-state index contributed by atoms with van der Waals surface area (Å²) in [6, 6.07) is 0. The Hall–Kier alpha value is -1.22. The Morgan fingerprint density at radius 2 is 1.78 bits per heavy atom. The zero-order chi connectivity index (χ0) is 13.3. The van der Waals surface area contributed by atoms with Crippen LogP contribution in [0, 0.1) is 0 Å². The lowest BCUT2D eigenvalue weighted by atomic mass is 9.81. The first-order chi connectivity index (χ1) is 8.68. The second-order valence-electron chi connectivity index (χ2n) is 5.35. The maximum atomic E-state index is 10.7. The molecule has 1 saturated carbocycles. The van der Waals surface area contributed by atoms with E-state index in [1.54, 1.807) is 0 Å². The standard InChI is InChI=1S/C13H24N4O/c14-12(18)8-4-7-11-13(16-17-15)9-5-2-1-3-6-10-13/h1-11H2,(H2,14,18). The van der Waals surface area contributed by atoms with E-state index in [4.69, 9.17) is 11.3 Å². The summed E-state index contributed by atoms with van der Waals surface area (Å²) in [5, 5.41) is 4.10. The predicted octanol–water partition coefficient (Wildman–Crippen LogP) is 3.83. The SMILES string of the molecule is [N-]=[N+]=NC1(CCCCC(N)=O)CCCCCCC1. The van der Waals surface area contributed by atoms with Crippen LogP contribution in [0.25, 0.3) is 10.4 Å². The molecule has 2 N–H and O–H groups in total. The zero-order valence-corrected chi connectivity index (χ0v) is 11.1. The van der Waals surface area contributed by atoms with Crippen molar-refractivity contribution in [2.45, 2.75) is 76.2 Å². The smallest absolute Gasteiger partial charge is 0.217 e. The molecule has 0 aromatic rings. The number of nitrogens with zero attached hydrogens (tertiary/aromatic N) is 3. The summed E-state index contributed by atoms with van der Waals surface area (Å²) in [5.74, 6) is -0.245. The minimum atomic E-state index is -0.245. The zero-order valence-electron chi connectivity index (χ0n) is 11.1. The Morgan fingerprint density at radius 3 is 2.33 bits per heavy atom. The lowest BCUT2D eigenvalue weighted by molar-refractivity contribution is -0.118. The highest BCUT2D eigenvalue weighted by atomic mass is 16.1. The topological polar surface area (TPSA) is 91.8 Å². The van der Waals surface area contributed by atoms with Gasteiger partial charge >= 0.3 is 0 Å². The van der Waals surface area contributed by atoms with Gasteiger partial charge in [-0.25, -0.2) is 0 Å². The minimum absolute atomic E-state index is 0.202. The minimum Gasteiger partial charge on any atom is -0.370 e. The number of hydrogen-bond donors (Lipinski definition) is 1. The number of nitrogens with two attached hydrogens (primary N) is 1. The third-order valence-corrected chi connectivity index (χ3v) is 3.86. The molecule has 0 radical (unpaired) electrons. The molecule has 1 aliphatic carbocycles. The molecule has 0 aromatic heterocycles. The van der Waals surface area contributed by atoms with Gasteiger partial charge in [0.2, 0.25) is 5.91 Å². The number of unbranched alkanes of at least 4 members (excludes halogenated alkanes) is 1. The van der Waals surface area contributed by atoms with Crippen LogP contribution in [0.3, 0.4) is 0 Å². The van der Waals surface area contributed by atoms with Gasteiger partial charge < -0.3 is 5.73 Å². The molecule has 0 atom stereocenters. The molecule has 0 aliphatic heterocycles. The molecule has 1 aliphatic rings. The Kier molecular flexibility index (Phi) is 6.58. The van der Waals surface area contributed by atoms with Crippen molar-refractivity contribution in [3.8, 4) is 0 Å². The van der Waals surface area contributed by atoms with Crippen molar-refractivity contribution in [2.24, 2.45) is 10.8 Å². The Bertz CT molecular complexity index is 302. The van der Waals surface area contributed by atoms with Gasteiger partial charge in [0.05, 0.1) is 0 Å². The molecule has 1 fully saturated rings. The largest absolute Gasteiger partial charge is 0.370 e. The van der Waals surface area contributed by atoms with Gasteiger partial charge in [0, 0.05) is 16.9 Å². The molecule has 0 unspecified atom stereocenters. The van der Waals surface area contributed by atoms with E-state index in [2.05, 4.69) is 10.0 Å². The fraction of sp³-hybridized carbons (Fsp3) is 0.923. The fourth-order valence-corrected chi connectivity index (χ4v) is 2.81. The van der Waals surface area contributed by atoms with Crippen molar-refractivity contribution in [3.63, 3.8) is 0 Å². The summed E-state index contributed by atoms with van der Waals surface area (Å²) in [7, 11) is 0. The molecule has 1 amide bonds. The average molecular weight is 252 g/mol. The number of amides is 1. The first kappa shape index (κ1) is 14.8. The van der Waals surface area contributed by atoms with E-state index in [-0.39, 0.29) is 11.4 Å². The van der Waals surface area contributed by atoms with Gasteiger partial charge in [0.25, 0.3) is 0 Å². The first-order valence-corrected chi connectivity index (χ1v) is 7.03. The molecule has 0 spiro atoms. The third kappa shape index (κ3) is 5.41. The molecule has 0 saturated heterocycles. The van der Waals surface area contributed by atoms with Crippen LogP contribution in [0.1, 0.15) is 70.6 Å². The number of azide groups is 1. The van der Waals surface area contributed by atoms with Crippen molar-refractivity contribution in [1.82, 2.24) is 0 Å². The number of rotatable bonds is 6. The molecule has 18 heavy (non-hydrogen) atoms. The molecule has 0 bridgehead atoms. The van der Waals surface area contributed by atoms with E-state index in [0.717, 1.165) is 44.9 Å². The number of carbonyl (C=O) groups is 1. The van der Waals surface area contributed by atoms with E-state index in [9.17, 15) is 4.79 Å². The quantitative estimate of drug-likeness (QED) is 0.331. The van der Waals surface area contributed by atoms with Crippen LogP contribution < -0.4 is 5.73 Å². The third-order valence-electron chi connectivity index (χ3n) is 3.86. The van der Waals surface area contributed by atoms with E-state index < -0.39 is 0 Å². The van der Waals surface area contributed by atoms with E-state index in [1.807, 2.05) is 0 Å². The van der Waals surface area contributed by atoms with Crippen molar-refractivity contribution in [2.75, 3.05) is 0 Å². The highest BCUT2D eigenvalue weighted by Crippen LogP contribution is 2.34. The van der Waals surface area contributed by atoms with Gasteiger partial charge in [-0.05, 0) is 31.2 Å². The van der Waals surface area contributed by atoms with Crippen molar-refractivity contribution >= 4 is 5.91 Å². The van der Waals surface area contributed by atoms with E-state index in [1.165, 1.54) is 19.3 Å². The second-order valence-corrected chi connectivity index (χ2v) is 5.35. The maximum Gasteiger partial charge on any atom is 0.217 e. The summed E-state index contributed by atoms with van der Waals surface area (Å²) in [6.45, 7) is 0. The number of hydrogen-bond acceptors (Lipinski definition) is 2. The fourth-order valence-electron chi connectivity index (χ4n) is 2.81. The van der Waals surface area contributed by atoms with Gasteiger partial charge in [-0.3, -0.25) is 4.79 Å². The second kappa shape index (κ2) is 7.98. The lowest BCUT2D eigenvalue weighted by Crippen LogP contribution is -2.27. The average Bonchev–Trinajstić information content (AvgIpc) is 2.29. The maximum absolute atomic E-state index is 10.7. The molecule has 0 heterocycles. The number of primary amides is 1. The van der Waals surface area contributed by atoms with Gasteiger partial charge in [-0.2, -0.15) is 0 Å². The Balaban J connectivity index is 2.49. The van der Waals surface area contributed by atoms with Crippen LogP contribution >= 0.6 is 0 Å². The number of carbonyl (C=O) groups excluding carboxylic acids is 1. The van der Waals surface area contributed by atoms with Gasteiger partial charge in [-0.15, -0.1) is 0 Å². The van der Waals surface area contributed by atoms with Crippen LogP contribution in [0.2, 0.25) is 0 Å². The van der Waals surface area contributed by atoms with Crippen molar-refractivity contribution in [3.05, 3.63) is 10.4 Å². The van der Waals surface area contributed by atoms with Crippen LogP contribution in [-0.4, -0.2) is 11.4 Å². The summed E-state index contributed by atoms with van der Waals surface area (Å²) in [5.41, 5.74) is 13.7. The summed E-state index contributed by atoms with van der Waals surface area (Å²) >= 11 is 0. The lowest BCUT2D eigenvalue weighted by Gasteiger charge is -2.30. The summed E-state index contributed by atoms with van der Waals surface area (Å²) in [4.78, 5) is 13.7. The highest BCUT2D eigenvalue weighted by Gasteiger charge is 2.28. The molecular formula is C13H24N4O. The van der Waals surface area contributed by atoms with Gasteiger partial charge in [0.15, 0.2) is 0 Å². The molecule has 1 rings (SSSR count). The van der Waals surface area contributed by atoms with Crippen LogP contribution in [0.5, 0.6) is 0 Å². The van der Waals surface area contributed by atoms with Crippen LogP contribution in [0.4, 0.5) is 0 Å². The van der Waals surface area contributed by atoms with Gasteiger partial charge in [0.1, 0.15) is 0 Å². The normalized spacial score (nSPS) is 19.3. The Morgan fingerprint density at radius 1 is 1.17 bits per heavy atom. The first-order valence-electron chi connectivity index (χ1n) is 7.03. The summed E-state index contributed by atoms with van der Waals surface area (Å²) < 4.78 is 0. The van der Waals surface area contributed by atoms with Crippen molar-refractivity contribution < 1.29 is 4.79 Å². The predicted molar refractivity (Wildman–Crippen MR) is 71.9 cm³/mol. The summed E-state index contributed by atoms with van der Waals surface area (Å²) in [6.07, 6.45) is 11.1. The highest BCUT2D eigenvalue weighted by molar-refractivity contribution is 5.73. The molecule has 5 heteroatoms. The van der Waals surface area contributed by atoms with E-state index in [0.29, 0.717) is 6.42 Å². The van der Waals surface area contributed by atoms with Crippen LogP contribution in [0.15, 0.2) is 5.11 Å². The van der Waals surface area contributed by atoms with Crippen molar-refractivity contribution in [1.29, 1.82) is 0 Å². The molecule has 102 valence electrons. The monoisotopic (exact) mass is 252 g/mol. The molecule has 0 aromatic carbocycles.